The minimum absolute atomic E-state index is 0.109. The van der Waals surface area contributed by atoms with Crippen LogP contribution in [0.1, 0.15) is 18.4 Å². The zero-order chi connectivity index (χ0) is 11.9. The Labute approximate surface area is 102 Å². The van der Waals surface area contributed by atoms with E-state index < -0.39 is 11.4 Å². The maximum absolute atomic E-state index is 13.6. The van der Waals surface area contributed by atoms with Gasteiger partial charge in [0.15, 0.2) is 17.3 Å². The first kappa shape index (κ1) is 11.7. The second-order valence-corrected chi connectivity index (χ2v) is 4.79. The summed E-state index contributed by atoms with van der Waals surface area (Å²) in [6.07, 6.45) is 1.74. The summed E-state index contributed by atoms with van der Waals surface area (Å²) in [5.41, 5.74) is 6.50. The second kappa shape index (κ2) is 3.89. The topological polar surface area (TPSA) is 44.5 Å². The van der Waals surface area contributed by atoms with E-state index in [4.69, 9.17) is 15.2 Å². The van der Waals surface area contributed by atoms with Crippen molar-refractivity contribution < 1.29 is 13.9 Å². The Hall–Kier alpha value is -0.810. The standard InChI is InChI=1S/C11H13BrFNO2/c1-15-9-7(13)5-6(12)8(10(9)16-2)11(14)3-4-11/h5H,3-4,14H2,1-2H3. The third kappa shape index (κ3) is 1.68. The summed E-state index contributed by atoms with van der Waals surface area (Å²) < 4.78 is 24.5. The van der Waals surface area contributed by atoms with Crippen LogP contribution in [0.3, 0.4) is 0 Å². The third-order valence-corrected chi connectivity index (χ3v) is 3.46. The second-order valence-electron chi connectivity index (χ2n) is 3.94. The molecule has 0 radical (unpaired) electrons. The quantitative estimate of drug-likeness (QED) is 0.930. The molecule has 1 aromatic carbocycles. The van der Waals surface area contributed by atoms with Crippen molar-refractivity contribution in [3.63, 3.8) is 0 Å². The van der Waals surface area contributed by atoms with Gasteiger partial charge in [0, 0.05) is 15.6 Å². The lowest BCUT2D eigenvalue weighted by Crippen LogP contribution is -2.21. The molecule has 0 amide bonds. The van der Waals surface area contributed by atoms with Crippen molar-refractivity contribution in [3.8, 4) is 11.5 Å². The van der Waals surface area contributed by atoms with E-state index in [1.807, 2.05) is 0 Å². The molecule has 0 bridgehead atoms. The molecular weight excluding hydrogens is 277 g/mol. The summed E-state index contributed by atoms with van der Waals surface area (Å²) in [7, 11) is 2.90. The van der Waals surface area contributed by atoms with Crippen LogP contribution in [0.5, 0.6) is 11.5 Å². The van der Waals surface area contributed by atoms with E-state index in [1.165, 1.54) is 20.3 Å². The molecule has 88 valence electrons. The van der Waals surface area contributed by atoms with E-state index in [9.17, 15) is 4.39 Å². The van der Waals surface area contributed by atoms with Gasteiger partial charge in [-0.05, 0) is 18.9 Å². The van der Waals surface area contributed by atoms with Crippen LogP contribution in [-0.4, -0.2) is 14.2 Å². The van der Waals surface area contributed by atoms with E-state index in [2.05, 4.69) is 15.9 Å². The highest BCUT2D eigenvalue weighted by molar-refractivity contribution is 9.10. The average molecular weight is 290 g/mol. The third-order valence-electron chi connectivity index (χ3n) is 2.84. The molecule has 16 heavy (non-hydrogen) atoms. The van der Waals surface area contributed by atoms with Crippen molar-refractivity contribution in [2.75, 3.05) is 14.2 Å². The summed E-state index contributed by atoms with van der Waals surface area (Å²) >= 11 is 3.32. The van der Waals surface area contributed by atoms with Gasteiger partial charge >= 0.3 is 0 Å². The summed E-state index contributed by atoms with van der Waals surface area (Å²) in [4.78, 5) is 0. The summed E-state index contributed by atoms with van der Waals surface area (Å²) in [6.45, 7) is 0. The minimum atomic E-state index is -0.459. The molecule has 0 spiro atoms. The van der Waals surface area contributed by atoms with Gasteiger partial charge in [0.25, 0.3) is 0 Å². The molecule has 1 fully saturated rings. The number of halogens is 2. The fraction of sp³-hybridized carbons (Fsp3) is 0.455. The first-order valence-electron chi connectivity index (χ1n) is 4.93. The Balaban J connectivity index is 2.66. The molecular formula is C11H13BrFNO2. The van der Waals surface area contributed by atoms with Crippen LogP contribution in [0.4, 0.5) is 4.39 Å². The summed E-state index contributed by atoms with van der Waals surface area (Å²) in [5, 5.41) is 0. The van der Waals surface area contributed by atoms with Crippen molar-refractivity contribution in [2.24, 2.45) is 5.73 Å². The van der Waals surface area contributed by atoms with Gasteiger partial charge in [-0.25, -0.2) is 4.39 Å². The van der Waals surface area contributed by atoms with Gasteiger partial charge in [-0.15, -0.1) is 0 Å². The first-order valence-corrected chi connectivity index (χ1v) is 5.72. The van der Waals surface area contributed by atoms with Crippen molar-refractivity contribution in [3.05, 3.63) is 21.9 Å². The van der Waals surface area contributed by atoms with Gasteiger partial charge in [-0.3, -0.25) is 0 Å². The van der Waals surface area contributed by atoms with Crippen LogP contribution in [-0.2, 0) is 5.54 Å². The number of nitrogens with two attached hydrogens (primary N) is 1. The zero-order valence-electron chi connectivity index (χ0n) is 9.14. The van der Waals surface area contributed by atoms with Crippen LogP contribution < -0.4 is 15.2 Å². The van der Waals surface area contributed by atoms with E-state index in [0.29, 0.717) is 10.2 Å². The summed E-state index contributed by atoms with van der Waals surface area (Å²) in [6, 6.07) is 1.36. The molecule has 5 heteroatoms. The number of methoxy groups -OCH3 is 2. The molecule has 0 saturated heterocycles. The van der Waals surface area contributed by atoms with Gasteiger partial charge in [0.1, 0.15) is 0 Å². The molecule has 0 unspecified atom stereocenters. The highest BCUT2D eigenvalue weighted by Gasteiger charge is 2.45. The number of ether oxygens (including phenoxy) is 2. The Morgan fingerprint density at radius 2 is 1.88 bits per heavy atom. The monoisotopic (exact) mass is 289 g/mol. The molecule has 0 heterocycles. The van der Waals surface area contributed by atoms with E-state index >= 15 is 0 Å². The molecule has 1 aliphatic rings. The first-order chi connectivity index (χ1) is 7.53. The van der Waals surface area contributed by atoms with Crippen molar-refractivity contribution in [1.29, 1.82) is 0 Å². The molecule has 2 rings (SSSR count). The molecule has 0 aromatic heterocycles. The van der Waals surface area contributed by atoms with Crippen molar-refractivity contribution in [1.82, 2.24) is 0 Å². The highest BCUT2D eigenvalue weighted by atomic mass is 79.9. The Morgan fingerprint density at radius 3 is 2.31 bits per heavy atom. The predicted molar refractivity (Wildman–Crippen MR) is 62.3 cm³/mol. The molecule has 0 atom stereocenters. The zero-order valence-corrected chi connectivity index (χ0v) is 10.7. The van der Waals surface area contributed by atoms with Gasteiger partial charge in [0.2, 0.25) is 0 Å². The van der Waals surface area contributed by atoms with Gasteiger partial charge in [-0.1, -0.05) is 15.9 Å². The molecule has 1 saturated carbocycles. The molecule has 2 N–H and O–H groups in total. The van der Waals surface area contributed by atoms with Gasteiger partial charge < -0.3 is 15.2 Å². The minimum Gasteiger partial charge on any atom is -0.492 e. The van der Waals surface area contributed by atoms with Gasteiger partial charge in [-0.2, -0.15) is 0 Å². The normalized spacial score (nSPS) is 17.1. The molecule has 1 aliphatic carbocycles. The Bertz CT molecular complexity index is 432. The lowest BCUT2D eigenvalue weighted by Gasteiger charge is -2.19. The number of hydrogen-bond acceptors (Lipinski definition) is 3. The summed E-state index contributed by atoms with van der Waals surface area (Å²) in [5.74, 6) is 0.0334. The number of benzene rings is 1. The Morgan fingerprint density at radius 1 is 1.31 bits per heavy atom. The Kier molecular flexibility index (Phi) is 2.84. The predicted octanol–water partition coefficient (Wildman–Crippen LogP) is 2.55. The van der Waals surface area contributed by atoms with Crippen LogP contribution in [0.25, 0.3) is 0 Å². The van der Waals surface area contributed by atoms with E-state index in [1.54, 1.807) is 0 Å². The average Bonchev–Trinajstić information content (AvgIpc) is 2.95. The van der Waals surface area contributed by atoms with Crippen LogP contribution in [0.2, 0.25) is 0 Å². The smallest absolute Gasteiger partial charge is 0.197 e. The van der Waals surface area contributed by atoms with Crippen LogP contribution >= 0.6 is 15.9 Å². The maximum atomic E-state index is 13.6. The number of hydrogen-bond donors (Lipinski definition) is 1. The molecule has 1 aromatic rings. The lowest BCUT2D eigenvalue weighted by molar-refractivity contribution is 0.331. The fourth-order valence-electron chi connectivity index (χ4n) is 1.81. The van der Waals surface area contributed by atoms with Crippen molar-refractivity contribution in [2.45, 2.75) is 18.4 Å². The molecule has 0 aliphatic heterocycles. The van der Waals surface area contributed by atoms with Crippen LogP contribution in [0.15, 0.2) is 10.5 Å². The SMILES string of the molecule is COc1c(F)cc(Br)c(C2(N)CC2)c1OC. The lowest BCUT2D eigenvalue weighted by atomic mass is 10.0. The van der Waals surface area contributed by atoms with Gasteiger partial charge in [0.05, 0.1) is 14.2 Å². The van der Waals surface area contributed by atoms with Crippen LogP contribution in [0, 0.1) is 5.82 Å². The largest absolute Gasteiger partial charge is 0.492 e. The molecule has 3 nitrogen and oxygen atoms in total. The highest BCUT2D eigenvalue weighted by Crippen LogP contribution is 2.52. The number of rotatable bonds is 3. The van der Waals surface area contributed by atoms with Crippen molar-refractivity contribution >= 4 is 15.9 Å². The van der Waals surface area contributed by atoms with E-state index in [0.717, 1.165) is 18.4 Å². The van der Waals surface area contributed by atoms with E-state index in [-0.39, 0.29) is 5.75 Å². The maximum Gasteiger partial charge on any atom is 0.197 e. The fourth-order valence-corrected chi connectivity index (χ4v) is 2.59.